The number of carbonyl (C=O) groups excluding carboxylic acids is 3. The second-order valence-electron chi connectivity index (χ2n) is 12.1. The van der Waals surface area contributed by atoms with Gasteiger partial charge in [0.2, 0.25) is 5.78 Å². The van der Waals surface area contributed by atoms with Crippen LogP contribution in [0.4, 0.5) is 8.78 Å². The Hall–Kier alpha value is -3.53. The summed E-state index contributed by atoms with van der Waals surface area (Å²) in [4.78, 5) is 40.0. The quantitative estimate of drug-likeness (QED) is 0.288. The molecule has 9 atom stereocenters. The van der Waals surface area contributed by atoms with Crippen LogP contribution in [0.5, 0.6) is 17.2 Å². The molecule has 0 bridgehead atoms. The number of aliphatic hydroxyl groups is 2. The maximum Gasteiger partial charge on any atom is 0.202 e. The number of ketones is 3. The number of fused-ring (bicyclic) bond motifs is 3. The number of aromatic hydroxyl groups is 2. The molecule has 0 spiro atoms. The number of hydrogen-bond donors (Lipinski definition) is 4. The molecular formula is C32H34F2O12. The Morgan fingerprint density at radius 1 is 1.04 bits per heavy atom. The van der Waals surface area contributed by atoms with Crippen LogP contribution in [0.15, 0.2) is 18.2 Å². The predicted octanol–water partition coefficient (Wildman–Crippen LogP) is 2.51. The van der Waals surface area contributed by atoms with Crippen LogP contribution in [0.2, 0.25) is 0 Å². The molecule has 14 heteroatoms. The van der Waals surface area contributed by atoms with Gasteiger partial charge in [0.05, 0.1) is 36.0 Å². The molecule has 0 amide bonds. The van der Waals surface area contributed by atoms with E-state index in [-0.39, 0.29) is 41.0 Å². The van der Waals surface area contributed by atoms with Crippen molar-refractivity contribution < 1.29 is 67.3 Å². The van der Waals surface area contributed by atoms with Crippen LogP contribution in [-0.4, -0.2) is 100 Å². The number of rotatable bonds is 6. The van der Waals surface area contributed by atoms with Crippen molar-refractivity contribution >= 4 is 17.3 Å². The maximum atomic E-state index is 15.7. The zero-order valence-electron chi connectivity index (χ0n) is 25.2. The van der Waals surface area contributed by atoms with Gasteiger partial charge in [-0.15, -0.1) is 0 Å². The van der Waals surface area contributed by atoms with E-state index in [4.69, 9.17) is 23.7 Å². The van der Waals surface area contributed by atoms with Crippen molar-refractivity contribution in [1.82, 2.24) is 0 Å². The van der Waals surface area contributed by atoms with Gasteiger partial charge in [-0.25, -0.2) is 8.78 Å². The fourth-order valence-corrected chi connectivity index (χ4v) is 6.74. The Kier molecular flexibility index (Phi) is 8.40. The zero-order valence-corrected chi connectivity index (χ0v) is 25.2. The van der Waals surface area contributed by atoms with Crippen LogP contribution >= 0.6 is 0 Å². The summed E-state index contributed by atoms with van der Waals surface area (Å²) in [7, 11) is 1.29. The molecule has 2 fully saturated rings. The summed E-state index contributed by atoms with van der Waals surface area (Å²) < 4.78 is 57.8. The Morgan fingerprint density at radius 2 is 1.76 bits per heavy atom. The van der Waals surface area contributed by atoms with Crippen LogP contribution in [0, 0.1) is 0 Å². The van der Waals surface area contributed by atoms with Gasteiger partial charge >= 0.3 is 0 Å². The van der Waals surface area contributed by atoms with Crippen LogP contribution in [-0.2, 0) is 30.2 Å². The molecule has 2 saturated heterocycles. The van der Waals surface area contributed by atoms with Gasteiger partial charge in [-0.2, -0.15) is 0 Å². The predicted molar refractivity (Wildman–Crippen MR) is 151 cm³/mol. The Labute approximate surface area is 261 Å². The average molecular weight is 649 g/mol. The molecule has 248 valence electrons. The van der Waals surface area contributed by atoms with Gasteiger partial charge in [-0.1, -0.05) is 12.1 Å². The van der Waals surface area contributed by atoms with E-state index in [1.165, 1.54) is 32.2 Å². The summed E-state index contributed by atoms with van der Waals surface area (Å²) >= 11 is 0. The first-order chi connectivity index (χ1) is 21.8. The minimum atomic E-state index is -2.31. The number of methoxy groups -OCH3 is 1. The van der Waals surface area contributed by atoms with Crippen molar-refractivity contribution in [2.45, 2.75) is 94.5 Å². The van der Waals surface area contributed by atoms with E-state index in [1.54, 1.807) is 0 Å². The molecule has 2 aromatic rings. The fraction of sp³-hybridized carbons (Fsp3) is 0.531. The lowest BCUT2D eigenvalue weighted by molar-refractivity contribution is -0.327. The van der Waals surface area contributed by atoms with Gasteiger partial charge in [0.1, 0.15) is 35.1 Å². The fourth-order valence-electron chi connectivity index (χ4n) is 6.74. The van der Waals surface area contributed by atoms with E-state index < -0.39 is 108 Å². The summed E-state index contributed by atoms with van der Waals surface area (Å²) in [5.74, 6) is -3.91. The Balaban J connectivity index is 1.38. The molecule has 0 saturated carbocycles. The lowest BCUT2D eigenvalue weighted by atomic mass is 9.72. The van der Waals surface area contributed by atoms with Crippen molar-refractivity contribution in [1.29, 1.82) is 0 Å². The van der Waals surface area contributed by atoms with Gasteiger partial charge in [0.15, 0.2) is 36.5 Å². The lowest BCUT2D eigenvalue weighted by Crippen LogP contribution is -2.58. The van der Waals surface area contributed by atoms with Crippen molar-refractivity contribution in [3.8, 4) is 17.2 Å². The van der Waals surface area contributed by atoms with Crippen molar-refractivity contribution in [3.63, 3.8) is 0 Å². The minimum absolute atomic E-state index is 0.0465. The van der Waals surface area contributed by atoms with E-state index >= 15 is 4.39 Å². The van der Waals surface area contributed by atoms with Crippen LogP contribution < -0.4 is 4.74 Å². The zero-order chi connectivity index (χ0) is 33.2. The third kappa shape index (κ3) is 5.07. The van der Waals surface area contributed by atoms with E-state index in [9.17, 15) is 39.2 Å². The molecule has 6 rings (SSSR count). The number of ether oxygens (including phenoxy) is 5. The van der Waals surface area contributed by atoms with E-state index in [0.717, 1.165) is 6.92 Å². The molecule has 2 heterocycles. The molecular weight excluding hydrogens is 614 g/mol. The lowest BCUT2D eigenvalue weighted by Gasteiger charge is -2.44. The highest BCUT2D eigenvalue weighted by Crippen LogP contribution is 2.52. The van der Waals surface area contributed by atoms with Gasteiger partial charge in [0.25, 0.3) is 0 Å². The van der Waals surface area contributed by atoms with Crippen LogP contribution in [0.25, 0.3) is 0 Å². The second-order valence-corrected chi connectivity index (χ2v) is 12.1. The van der Waals surface area contributed by atoms with Crippen LogP contribution in [0.1, 0.15) is 82.2 Å². The Morgan fingerprint density at radius 3 is 2.43 bits per heavy atom. The highest BCUT2D eigenvalue weighted by atomic mass is 19.1. The third-order valence-corrected chi connectivity index (χ3v) is 9.26. The molecule has 4 aliphatic rings. The number of phenols is 2. The number of aliphatic hydroxyl groups excluding tert-OH is 1. The normalized spacial score (nSPS) is 34.0. The van der Waals surface area contributed by atoms with Crippen molar-refractivity contribution in [2.75, 3.05) is 13.7 Å². The molecule has 2 aromatic carbocycles. The highest BCUT2D eigenvalue weighted by molar-refractivity contribution is 6.31. The van der Waals surface area contributed by atoms with Gasteiger partial charge < -0.3 is 44.1 Å². The van der Waals surface area contributed by atoms with Gasteiger partial charge in [-0.3, -0.25) is 14.4 Å². The molecule has 2 aliphatic heterocycles. The van der Waals surface area contributed by atoms with E-state index in [1.807, 2.05) is 0 Å². The largest absolute Gasteiger partial charge is 0.507 e. The minimum Gasteiger partial charge on any atom is -0.507 e. The number of carbonyl (C=O) groups is 3. The molecule has 12 nitrogen and oxygen atoms in total. The summed E-state index contributed by atoms with van der Waals surface area (Å²) in [6.07, 6.45) is -13.4. The smallest absolute Gasteiger partial charge is 0.202 e. The van der Waals surface area contributed by atoms with Crippen LogP contribution in [0.3, 0.4) is 0 Å². The third-order valence-electron chi connectivity index (χ3n) is 9.26. The second kappa shape index (κ2) is 11.9. The summed E-state index contributed by atoms with van der Waals surface area (Å²) in [5, 5.41) is 45.2. The Bertz CT molecular complexity index is 1600. The number of benzene rings is 2. The number of hydrogen-bond acceptors (Lipinski definition) is 12. The summed E-state index contributed by atoms with van der Waals surface area (Å²) in [6.45, 7) is 2.74. The molecule has 0 radical (unpaired) electrons. The monoisotopic (exact) mass is 648 g/mol. The van der Waals surface area contributed by atoms with Gasteiger partial charge in [0, 0.05) is 36.1 Å². The summed E-state index contributed by atoms with van der Waals surface area (Å²) in [6, 6.07) is 4.28. The molecule has 9 unspecified atom stereocenters. The number of phenolic OH excluding ortho intramolecular Hbond substituents is 2. The topological polar surface area (TPSA) is 178 Å². The van der Waals surface area contributed by atoms with Crippen molar-refractivity contribution in [3.05, 3.63) is 51.6 Å². The molecule has 0 aromatic heterocycles. The SMILES string of the molecule is COc1cccc2c1C(=O)c1c(O)c3c(c(O)c1C2=O)CC(O)(C(C)=O)CC3OC1OC(C)C(OC2OCCCC2F)C(O)C1F. The standard InChI is InChI=1S/C32H34F2O12/c1-12-29(46-30-16(33)7-5-9-43-30)28(40)23(34)31(44-12)45-18-11-32(41,13(2)35)10-15-20(18)27(39)22-21(25(15)37)24(36)14-6-4-8-17(42-3)19(14)26(22)38/h4,6,8,12,16,18,23,28-31,37,39-41H,5,7,9-11H2,1-3H3. The first kappa shape index (κ1) is 32.4. The molecule has 4 N–H and O–H groups in total. The maximum absolute atomic E-state index is 15.7. The number of alkyl halides is 2. The summed E-state index contributed by atoms with van der Waals surface area (Å²) in [5.41, 5.74) is -4.07. The van der Waals surface area contributed by atoms with E-state index in [0.29, 0.717) is 6.42 Å². The van der Waals surface area contributed by atoms with E-state index in [2.05, 4.69) is 0 Å². The highest BCUT2D eigenvalue weighted by Gasteiger charge is 2.52. The number of halogens is 2. The van der Waals surface area contributed by atoms with Gasteiger partial charge in [-0.05, 0) is 32.8 Å². The first-order valence-corrected chi connectivity index (χ1v) is 14.9. The molecule has 2 aliphatic carbocycles. The average Bonchev–Trinajstić information content (AvgIpc) is 3.02. The molecule has 46 heavy (non-hydrogen) atoms. The van der Waals surface area contributed by atoms with Crippen molar-refractivity contribution in [2.24, 2.45) is 0 Å². The first-order valence-electron chi connectivity index (χ1n) is 14.9. The number of Topliss-reactive ketones (excluding diaryl/α,β-unsaturated/α-hetero) is 1.